The Bertz CT molecular complexity index is 1880. The van der Waals surface area contributed by atoms with Crippen molar-refractivity contribution in [3.63, 3.8) is 0 Å². The van der Waals surface area contributed by atoms with Crippen LogP contribution >= 0.6 is 0 Å². The third-order valence-corrected chi connectivity index (χ3v) is 13.1. The van der Waals surface area contributed by atoms with E-state index in [9.17, 15) is 70.6 Å². The van der Waals surface area contributed by atoms with Gasteiger partial charge in [0.2, 0.25) is 11.8 Å². The van der Waals surface area contributed by atoms with E-state index in [1.807, 2.05) is 13.0 Å². The number of esters is 1. The van der Waals surface area contributed by atoms with Crippen LogP contribution in [0.3, 0.4) is 0 Å². The van der Waals surface area contributed by atoms with Crippen molar-refractivity contribution in [1.82, 2.24) is 10.6 Å². The van der Waals surface area contributed by atoms with Crippen molar-refractivity contribution in [2.75, 3.05) is 19.7 Å². The zero-order valence-electron chi connectivity index (χ0n) is 42.3. The molecule has 0 saturated carbocycles. The van der Waals surface area contributed by atoms with E-state index >= 15 is 0 Å². The first-order chi connectivity index (χ1) is 34.6. The molecule has 3 aliphatic rings. The minimum Gasteiger partial charge on any atom is -0.462 e. The minimum atomic E-state index is -2.33. The van der Waals surface area contributed by atoms with Gasteiger partial charge in [0.15, 0.2) is 12.1 Å². The van der Waals surface area contributed by atoms with Crippen molar-refractivity contribution in [3.05, 3.63) is 85.1 Å². The van der Waals surface area contributed by atoms with Crippen molar-refractivity contribution >= 4 is 17.8 Å². The lowest BCUT2D eigenvalue weighted by Crippen LogP contribution is -2.64. The van der Waals surface area contributed by atoms with E-state index in [0.29, 0.717) is 0 Å². The summed E-state index contributed by atoms with van der Waals surface area (Å²) in [6, 6.07) is -1.27. The fraction of sp³-hybridized carbons (Fsp3) is 0.673. The Morgan fingerprint density at radius 1 is 0.712 bits per heavy atom. The van der Waals surface area contributed by atoms with Crippen molar-refractivity contribution in [1.29, 1.82) is 0 Å². The van der Waals surface area contributed by atoms with Gasteiger partial charge in [-0.15, -0.1) is 0 Å². The smallest absolute Gasteiger partial charge is 0.308 e. The van der Waals surface area contributed by atoms with Crippen LogP contribution in [0.25, 0.3) is 0 Å². The molecule has 0 aromatic heterocycles. The van der Waals surface area contributed by atoms with Crippen molar-refractivity contribution in [2.45, 2.75) is 183 Å². The molecule has 2 bridgehead atoms. The van der Waals surface area contributed by atoms with Crippen LogP contribution in [0.5, 0.6) is 0 Å². The SMILES string of the molecule is C[C@@H]1[C@H](O)[C@@H](C)\C=C/C=C\C=C/C=C\C=C/C=C\C=C\[C@H](O[C@@H]2O[C@H](C)[C@@H](O)[C@H](NC(=O)CN)[C@@H]2O)C[C@@H]2O[C@](O)(C[C@@H](O)C[C@@H](O)[C@H](O)CC[C@@H](O)C[C@@H](O)CC(=O)O[C@H]1C)C[C@H](O)[C@H]2C(=O)NCCCO. The first kappa shape index (κ1) is 63.3. The normalized spacial score (nSPS) is 41.7. The summed E-state index contributed by atoms with van der Waals surface area (Å²) >= 11 is 0. The molecule has 21 nitrogen and oxygen atoms in total. The maximum Gasteiger partial charge on any atom is 0.308 e. The number of nitrogens with one attached hydrogen (secondary N) is 2. The lowest BCUT2D eigenvalue weighted by Gasteiger charge is -2.46. The molecule has 73 heavy (non-hydrogen) atoms. The summed E-state index contributed by atoms with van der Waals surface area (Å²) in [6.07, 6.45) is 3.11. The topological polar surface area (TPSA) is 361 Å². The van der Waals surface area contributed by atoms with Gasteiger partial charge in [-0.3, -0.25) is 14.4 Å². The third-order valence-electron chi connectivity index (χ3n) is 13.1. The number of ether oxygens (including phenoxy) is 4. The summed E-state index contributed by atoms with van der Waals surface area (Å²) < 4.78 is 23.8. The Morgan fingerprint density at radius 2 is 1.32 bits per heavy atom. The molecule has 0 aromatic carbocycles. The number of hydrogen-bond acceptors (Lipinski definition) is 19. The van der Waals surface area contributed by atoms with Crippen molar-refractivity contribution < 1.29 is 89.5 Å². The van der Waals surface area contributed by atoms with Gasteiger partial charge in [0.25, 0.3) is 0 Å². The van der Waals surface area contributed by atoms with E-state index in [0.717, 1.165) is 0 Å². The third kappa shape index (κ3) is 22.0. The zero-order chi connectivity index (χ0) is 54.3. The summed E-state index contributed by atoms with van der Waals surface area (Å²) in [5.74, 6) is -6.56. The van der Waals surface area contributed by atoms with Crippen LogP contribution in [0.4, 0.5) is 0 Å². The maximum absolute atomic E-state index is 13.7. The first-order valence-electron chi connectivity index (χ1n) is 25.2. The van der Waals surface area contributed by atoms with Crippen LogP contribution in [-0.4, -0.2) is 191 Å². The van der Waals surface area contributed by atoms with Gasteiger partial charge in [-0.2, -0.15) is 0 Å². The molecule has 0 unspecified atom stereocenters. The Hall–Kier alpha value is -4.01. The molecule has 3 heterocycles. The second-order valence-corrected chi connectivity index (χ2v) is 19.3. The number of fused-ring (bicyclic) bond motifs is 2. The van der Waals surface area contributed by atoms with Gasteiger partial charge in [-0.05, 0) is 39.5 Å². The highest BCUT2D eigenvalue weighted by Crippen LogP contribution is 2.38. The predicted octanol–water partition coefficient (Wildman–Crippen LogP) is -0.758. The van der Waals surface area contributed by atoms with E-state index in [1.165, 1.54) is 13.0 Å². The predicted molar refractivity (Wildman–Crippen MR) is 267 cm³/mol. The quantitative estimate of drug-likeness (QED) is 0.105. The summed E-state index contributed by atoms with van der Waals surface area (Å²) in [4.78, 5) is 38.7. The van der Waals surface area contributed by atoms with Gasteiger partial charge in [0.1, 0.15) is 18.3 Å². The highest BCUT2D eigenvalue weighted by atomic mass is 16.7. The number of rotatable bonds is 8. The molecule has 3 rings (SSSR count). The maximum atomic E-state index is 13.7. The standard InChI is InChI=1S/C52H83N3O18/c1-31-18-15-13-11-9-7-5-6-8-10-12-14-16-19-38(72-51-49(67)46(55-43(63)30-53)48(66)34(4)71-51)27-42-45(50(68)54-22-17-23-56)41(62)29-52(69,73-42)28-37(59)25-40(61)39(60)21-20-35(57)24-36(58)26-44(64)70-33(3)32(2)47(31)65/h5-16,18-19,31-42,45-49,51,56-62,65-67,69H,17,20-30,53H2,1-4H3,(H,54,68)(H,55,63)/b6-5-,9-7-,10-8-,13-11-,14-12-,18-15-,19-16+/t31-,32-,33-,34+,35+,36+,37-,38-,39+,40+,41-,42-,45+,46-,47+,48+,49-,51-,52+/m0/s1. The molecule has 414 valence electrons. The largest absolute Gasteiger partial charge is 0.462 e. The first-order valence-corrected chi connectivity index (χ1v) is 25.2. The van der Waals surface area contributed by atoms with Crippen LogP contribution in [0.1, 0.15) is 85.5 Å². The van der Waals surface area contributed by atoms with Crippen LogP contribution in [0.15, 0.2) is 85.1 Å². The van der Waals surface area contributed by atoms with Gasteiger partial charge in [-0.1, -0.05) is 98.9 Å². The number of hydrogen-bond donors (Lipinski definition) is 14. The number of carbonyl (C=O) groups is 3. The molecule has 2 fully saturated rings. The zero-order valence-corrected chi connectivity index (χ0v) is 42.3. The van der Waals surface area contributed by atoms with Crippen LogP contribution in [0.2, 0.25) is 0 Å². The number of allylic oxidation sites excluding steroid dienone is 12. The van der Waals surface area contributed by atoms with Gasteiger partial charge in [0, 0.05) is 50.7 Å². The Morgan fingerprint density at radius 3 is 1.92 bits per heavy atom. The molecule has 0 aliphatic carbocycles. The molecule has 0 radical (unpaired) electrons. The van der Waals surface area contributed by atoms with Gasteiger partial charge in [-0.25, -0.2) is 0 Å². The minimum absolute atomic E-state index is 0.0295. The number of aliphatic hydroxyl groups is 11. The lowest BCUT2D eigenvalue weighted by atomic mass is 9.82. The second kappa shape index (κ2) is 32.4. The molecule has 15 N–H and O–H groups in total. The van der Waals surface area contributed by atoms with Crippen LogP contribution < -0.4 is 16.4 Å². The monoisotopic (exact) mass is 1040 g/mol. The number of amides is 2. The molecule has 0 aromatic rings. The number of carbonyl (C=O) groups excluding carboxylic acids is 3. The highest BCUT2D eigenvalue weighted by Gasteiger charge is 2.51. The van der Waals surface area contributed by atoms with E-state index in [4.69, 9.17) is 24.7 Å². The number of aliphatic hydroxyl groups excluding tert-OH is 10. The average Bonchev–Trinajstić information content (AvgIpc) is 3.32. The second-order valence-electron chi connectivity index (χ2n) is 19.3. The fourth-order valence-corrected chi connectivity index (χ4v) is 8.78. The number of nitrogens with two attached hydrogens (primary N) is 1. The van der Waals surface area contributed by atoms with E-state index < -0.39 is 159 Å². The van der Waals surface area contributed by atoms with Crippen molar-refractivity contribution in [2.24, 2.45) is 23.5 Å². The summed E-state index contributed by atoms with van der Waals surface area (Å²) in [5.41, 5.74) is 5.48. The Balaban J connectivity index is 1.97. The summed E-state index contributed by atoms with van der Waals surface area (Å²) in [6.45, 7) is 6.05. The summed E-state index contributed by atoms with van der Waals surface area (Å²) in [7, 11) is 0. The Kier molecular flexibility index (Phi) is 28.1. The Labute approximate surface area is 428 Å². The molecular weight excluding hydrogens is 955 g/mol. The fourth-order valence-electron chi connectivity index (χ4n) is 8.78. The molecule has 2 saturated heterocycles. The lowest BCUT2D eigenvalue weighted by molar-refractivity contribution is -0.307. The van der Waals surface area contributed by atoms with Gasteiger partial charge in [0.05, 0.1) is 86.0 Å². The van der Waals surface area contributed by atoms with E-state index in [2.05, 4.69) is 10.6 Å². The molecule has 0 spiro atoms. The van der Waals surface area contributed by atoms with Crippen molar-refractivity contribution in [3.8, 4) is 0 Å². The van der Waals surface area contributed by atoms with E-state index in [1.54, 1.807) is 86.8 Å². The molecule has 3 aliphatic heterocycles. The molecule has 19 atom stereocenters. The van der Waals surface area contributed by atoms with Gasteiger partial charge < -0.3 is 91.5 Å². The summed E-state index contributed by atoms with van der Waals surface area (Å²) in [5, 5.41) is 125. The van der Waals surface area contributed by atoms with E-state index in [-0.39, 0.29) is 51.2 Å². The molecule has 21 heteroatoms. The van der Waals surface area contributed by atoms with Crippen LogP contribution in [-0.2, 0) is 33.3 Å². The molecular formula is C52H83N3O18. The number of cyclic esters (lactones) is 1. The average molecular weight is 1040 g/mol. The van der Waals surface area contributed by atoms with Crippen LogP contribution in [0, 0.1) is 17.8 Å². The highest BCUT2D eigenvalue weighted by molar-refractivity contribution is 5.80. The van der Waals surface area contributed by atoms with Gasteiger partial charge >= 0.3 is 5.97 Å². The molecule has 2 amide bonds.